The summed E-state index contributed by atoms with van der Waals surface area (Å²) in [7, 11) is 1.82. The lowest BCUT2D eigenvalue weighted by Crippen LogP contribution is -2.49. The van der Waals surface area contributed by atoms with E-state index in [2.05, 4.69) is 24.8 Å². The Morgan fingerprint density at radius 3 is 2.73 bits per heavy atom. The molecule has 1 spiro atoms. The average Bonchev–Trinajstić information content (AvgIpc) is 2.91. The molecule has 0 aromatic heterocycles. The summed E-state index contributed by atoms with van der Waals surface area (Å²) in [4.78, 5) is 14.9. The van der Waals surface area contributed by atoms with Gasteiger partial charge in [0.05, 0.1) is 6.10 Å². The van der Waals surface area contributed by atoms with Gasteiger partial charge in [-0.3, -0.25) is 4.79 Å². The molecule has 1 aliphatic carbocycles. The number of hydrogen-bond acceptors (Lipinski definition) is 2. The van der Waals surface area contributed by atoms with Gasteiger partial charge in [0, 0.05) is 31.2 Å². The monoisotopic (exact) mass is 301 g/mol. The molecule has 0 radical (unpaired) electrons. The normalized spacial score (nSPS) is 28.3. The van der Waals surface area contributed by atoms with Gasteiger partial charge in [0.1, 0.15) is 0 Å². The Morgan fingerprint density at radius 2 is 2.00 bits per heavy atom. The van der Waals surface area contributed by atoms with Crippen molar-refractivity contribution in [2.24, 2.45) is 5.41 Å². The fraction of sp³-hybridized carbons (Fsp3) is 0.632. The standard InChI is InChI=1S/C19H27NO2/c1-14-7-8-16(12-15(14)2)18(21)20-11-5-10-19(13-20)9-4-6-17(19)22-3/h7-8,12,17H,4-6,9-11,13H2,1-3H3/t17-,19-/m1/s1. The predicted molar refractivity (Wildman–Crippen MR) is 88.1 cm³/mol. The Balaban J connectivity index is 1.79. The largest absolute Gasteiger partial charge is 0.381 e. The van der Waals surface area contributed by atoms with E-state index in [1.165, 1.54) is 30.4 Å². The molecule has 1 amide bonds. The highest BCUT2D eigenvalue weighted by Gasteiger charge is 2.46. The molecule has 0 bridgehead atoms. The van der Waals surface area contributed by atoms with Gasteiger partial charge in [0.15, 0.2) is 0 Å². The number of amides is 1. The van der Waals surface area contributed by atoms with Gasteiger partial charge in [-0.15, -0.1) is 0 Å². The summed E-state index contributed by atoms with van der Waals surface area (Å²) >= 11 is 0. The quantitative estimate of drug-likeness (QED) is 0.833. The van der Waals surface area contributed by atoms with E-state index >= 15 is 0 Å². The van der Waals surface area contributed by atoms with Crippen LogP contribution in [0.5, 0.6) is 0 Å². The summed E-state index contributed by atoms with van der Waals surface area (Å²) in [6.07, 6.45) is 6.18. The van der Waals surface area contributed by atoms with Crippen LogP contribution in [-0.2, 0) is 4.74 Å². The van der Waals surface area contributed by atoms with Crippen molar-refractivity contribution in [1.82, 2.24) is 4.90 Å². The molecule has 1 heterocycles. The number of carbonyl (C=O) groups excluding carboxylic acids is 1. The van der Waals surface area contributed by atoms with Crippen LogP contribution in [0, 0.1) is 19.3 Å². The summed E-state index contributed by atoms with van der Waals surface area (Å²) in [5.74, 6) is 0.184. The van der Waals surface area contributed by atoms with E-state index in [1.807, 2.05) is 19.2 Å². The zero-order valence-corrected chi connectivity index (χ0v) is 14.0. The zero-order valence-electron chi connectivity index (χ0n) is 14.0. The Bertz CT molecular complexity index is 569. The summed E-state index contributed by atoms with van der Waals surface area (Å²) < 4.78 is 5.74. The van der Waals surface area contributed by atoms with E-state index in [4.69, 9.17) is 4.74 Å². The third kappa shape index (κ3) is 2.67. The maximum absolute atomic E-state index is 12.9. The summed E-state index contributed by atoms with van der Waals surface area (Å²) in [6.45, 7) is 5.89. The highest BCUT2D eigenvalue weighted by Crippen LogP contribution is 2.46. The van der Waals surface area contributed by atoms with Crippen molar-refractivity contribution in [3.8, 4) is 0 Å². The Hall–Kier alpha value is -1.35. The van der Waals surface area contributed by atoms with Gasteiger partial charge in [0.25, 0.3) is 5.91 Å². The molecule has 3 rings (SSSR count). The van der Waals surface area contributed by atoms with Gasteiger partial charge >= 0.3 is 0 Å². The van der Waals surface area contributed by atoms with Crippen LogP contribution in [0.1, 0.15) is 53.6 Å². The topological polar surface area (TPSA) is 29.5 Å². The number of methoxy groups -OCH3 is 1. The smallest absolute Gasteiger partial charge is 0.253 e. The Labute approximate surface area is 133 Å². The van der Waals surface area contributed by atoms with Crippen LogP contribution >= 0.6 is 0 Å². The van der Waals surface area contributed by atoms with Crippen molar-refractivity contribution < 1.29 is 9.53 Å². The number of aryl methyl sites for hydroxylation is 2. The second kappa shape index (κ2) is 6.04. The number of rotatable bonds is 2. The lowest BCUT2D eigenvalue weighted by atomic mass is 9.76. The molecule has 2 aliphatic rings. The molecule has 3 heteroatoms. The van der Waals surface area contributed by atoms with Crippen molar-refractivity contribution >= 4 is 5.91 Å². The maximum Gasteiger partial charge on any atom is 0.253 e. The first-order chi connectivity index (χ1) is 10.6. The molecule has 3 nitrogen and oxygen atoms in total. The Kier molecular flexibility index (Phi) is 4.26. The summed E-state index contributed by atoms with van der Waals surface area (Å²) in [5, 5.41) is 0. The van der Waals surface area contributed by atoms with Crippen LogP contribution < -0.4 is 0 Å². The van der Waals surface area contributed by atoms with Crippen molar-refractivity contribution in [3.05, 3.63) is 34.9 Å². The number of carbonyl (C=O) groups is 1. The van der Waals surface area contributed by atoms with Crippen LogP contribution in [-0.4, -0.2) is 37.1 Å². The first-order valence-corrected chi connectivity index (χ1v) is 8.45. The fourth-order valence-corrected chi connectivity index (χ4v) is 4.33. The second-order valence-electron chi connectivity index (χ2n) is 7.11. The molecule has 1 aliphatic heterocycles. The number of piperidine rings is 1. The molecule has 0 N–H and O–H groups in total. The molecular weight excluding hydrogens is 274 g/mol. The van der Waals surface area contributed by atoms with Crippen molar-refractivity contribution in [1.29, 1.82) is 0 Å². The van der Waals surface area contributed by atoms with Gasteiger partial charge in [-0.1, -0.05) is 12.5 Å². The summed E-state index contributed by atoms with van der Waals surface area (Å²) in [5.41, 5.74) is 3.45. The average molecular weight is 301 g/mol. The number of benzene rings is 1. The molecule has 1 saturated carbocycles. The first-order valence-electron chi connectivity index (χ1n) is 8.45. The highest BCUT2D eigenvalue weighted by molar-refractivity contribution is 5.94. The molecule has 1 aromatic rings. The van der Waals surface area contributed by atoms with Gasteiger partial charge in [0.2, 0.25) is 0 Å². The van der Waals surface area contributed by atoms with Crippen molar-refractivity contribution in [2.75, 3.05) is 20.2 Å². The second-order valence-corrected chi connectivity index (χ2v) is 7.11. The molecule has 1 saturated heterocycles. The van der Waals surface area contributed by atoms with Crippen LogP contribution in [0.3, 0.4) is 0 Å². The lowest BCUT2D eigenvalue weighted by molar-refractivity contribution is -0.0295. The van der Waals surface area contributed by atoms with Gasteiger partial charge < -0.3 is 9.64 Å². The first kappa shape index (κ1) is 15.5. The third-order valence-electron chi connectivity index (χ3n) is 5.76. The maximum atomic E-state index is 12.9. The molecule has 1 aromatic carbocycles. The minimum Gasteiger partial charge on any atom is -0.381 e. The fourth-order valence-electron chi connectivity index (χ4n) is 4.33. The molecule has 2 atom stereocenters. The minimum absolute atomic E-state index is 0.184. The third-order valence-corrected chi connectivity index (χ3v) is 5.76. The van der Waals surface area contributed by atoms with E-state index in [1.54, 1.807) is 0 Å². The van der Waals surface area contributed by atoms with Crippen molar-refractivity contribution in [2.45, 2.75) is 52.1 Å². The van der Waals surface area contributed by atoms with E-state index in [-0.39, 0.29) is 11.3 Å². The molecule has 22 heavy (non-hydrogen) atoms. The van der Waals surface area contributed by atoms with Gasteiger partial charge in [-0.05, 0) is 62.8 Å². The summed E-state index contributed by atoms with van der Waals surface area (Å²) in [6, 6.07) is 6.05. The molecule has 120 valence electrons. The van der Waals surface area contributed by atoms with Gasteiger partial charge in [-0.25, -0.2) is 0 Å². The molecule has 0 unspecified atom stereocenters. The van der Waals surface area contributed by atoms with E-state index in [0.717, 1.165) is 31.5 Å². The van der Waals surface area contributed by atoms with Gasteiger partial charge in [-0.2, -0.15) is 0 Å². The van der Waals surface area contributed by atoms with Crippen molar-refractivity contribution in [3.63, 3.8) is 0 Å². The minimum atomic E-state index is 0.184. The number of hydrogen-bond donors (Lipinski definition) is 0. The number of likely N-dealkylation sites (tertiary alicyclic amines) is 1. The van der Waals surface area contributed by atoms with Crippen LogP contribution in [0.25, 0.3) is 0 Å². The molecular formula is C19H27NO2. The zero-order chi connectivity index (χ0) is 15.7. The van der Waals surface area contributed by atoms with Crippen LogP contribution in [0.4, 0.5) is 0 Å². The lowest BCUT2D eigenvalue weighted by Gasteiger charge is -2.43. The highest BCUT2D eigenvalue weighted by atomic mass is 16.5. The van der Waals surface area contributed by atoms with E-state index in [0.29, 0.717) is 6.10 Å². The van der Waals surface area contributed by atoms with Crippen LogP contribution in [0.2, 0.25) is 0 Å². The van der Waals surface area contributed by atoms with Crippen LogP contribution in [0.15, 0.2) is 18.2 Å². The van der Waals surface area contributed by atoms with E-state index in [9.17, 15) is 4.79 Å². The number of nitrogens with zero attached hydrogens (tertiary/aromatic N) is 1. The molecule has 2 fully saturated rings. The number of ether oxygens (including phenoxy) is 1. The SMILES string of the molecule is CO[C@@H]1CCC[C@]12CCCN(C(=O)c1ccc(C)c(C)c1)C2. The Morgan fingerprint density at radius 1 is 1.23 bits per heavy atom. The predicted octanol–water partition coefficient (Wildman–Crippen LogP) is 3.72. The van der Waals surface area contributed by atoms with E-state index < -0.39 is 0 Å².